The van der Waals surface area contributed by atoms with Crippen LogP contribution in [0.25, 0.3) is 0 Å². The highest BCUT2D eigenvalue weighted by atomic mass is 16.2. The summed E-state index contributed by atoms with van der Waals surface area (Å²) in [5.41, 5.74) is 5.69. The predicted molar refractivity (Wildman–Crippen MR) is 63.0 cm³/mol. The maximum Gasteiger partial charge on any atom is 0.234 e. The molecule has 0 aromatic heterocycles. The Hall–Kier alpha value is -0.650. The Morgan fingerprint density at radius 2 is 2.31 bits per heavy atom. The molecular weight excluding hydrogens is 204 g/mol. The van der Waals surface area contributed by atoms with E-state index in [4.69, 9.17) is 5.73 Å². The van der Waals surface area contributed by atoms with Gasteiger partial charge in [-0.05, 0) is 18.8 Å². The van der Waals surface area contributed by atoms with Gasteiger partial charge in [-0.1, -0.05) is 0 Å². The maximum atomic E-state index is 11.7. The SMILES string of the molecule is NCC1CNCCN1CC(=O)NCC1CC1. The lowest BCUT2D eigenvalue weighted by molar-refractivity contribution is -0.123. The average Bonchev–Trinajstić information content (AvgIpc) is 3.11. The zero-order valence-electron chi connectivity index (χ0n) is 9.74. The van der Waals surface area contributed by atoms with Gasteiger partial charge in [-0.3, -0.25) is 9.69 Å². The van der Waals surface area contributed by atoms with E-state index >= 15 is 0 Å². The molecule has 5 nitrogen and oxygen atoms in total. The number of nitrogens with zero attached hydrogens (tertiary/aromatic N) is 1. The lowest BCUT2D eigenvalue weighted by atomic mass is 10.2. The lowest BCUT2D eigenvalue weighted by Gasteiger charge is -2.34. The molecule has 16 heavy (non-hydrogen) atoms. The van der Waals surface area contributed by atoms with Crippen LogP contribution in [0.4, 0.5) is 0 Å². The Balaban J connectivity index is 1.70. The van der Waals surface area contributed by atoms with Crippen molar-refractivity contribution in [2.24, 2.45) is 11.7 Å². The van der Waals surface area contributed by atoms with E-state index in [1.807, 2.05) is 0 Å². The first-order valence-corrected chi connectivity index (χ1v) is 6.21. The van der Waals surface area contributed by atoms with Gasteiger partial charge in [-0.25, -0.2) is 0 Å². The Labute approximate surface area is 96.7 Å². The van der Waals surface area contributed by atoms with Gasteiger partial charge in [0.2, 0.25) is 5.91 Å². The minimum absolute atomic E-state index is 0.146. The maximum absolute atomic E-state index is 11.7. The van der Waals surface area contributed by atoms with Crippen LogP contribution in [-0.4, -0.2) is 56.1 Å². The predicted octanol–water partition coefficient (Wildman–Crippen LogP) is -1.25. The number of rotatable bonds is 5. The molecule has 1 unspecified atom stereocenters. The highest BCUT2D eigenvalue weighted by molar-refractivity contribution is 5.78. The normalized spacial score (nSPS) is 26.7. The Morgan fingerprint density at radius 3 is 3.00 bits per heavy atom. The second-order valence-corrected chi connectivity index (χ2v) is 4.81. The molecule has 1 amide bonds. The molecular formula is C11H22N4O. The first-order chi connectivity index (χ1) is 7.79. The largest absolute Gasteiger partial charge is 0.355 e. The van der Waals surface area contributed by atoms with Crippen molar-refractivity contribution < 1.29 is 4.79 Å². The van der Waals surface area contributed by atoms with Gasteiger partial charge in [0.1, 0.15) is 0 Å². The summed E-state index contributed by atoms with van der Waals surface area (Å²) in [6.45, 7) is 4.73. The number of hydrogen-bond donors (Lipinski definition) is 3. The van der Waals surface area contributed by atoms with Gasteiger partial charge in [0.25, 0.3) is 0 Å². The molecule has 0 spiro atoms. The van der Waals surface area contributed by atoms with E-state index in [-0.39, 0.29) is 5.91 Å². The second-order valence-electron chi connectivity index (χ2n) is 4.81. The minimum Gasteiger partial charge on any atom is -0.355 e. The fraction of sp³-hybridized carbons (Fsp3) is 0.909. The number of amides is 1. The molecule has 92 valence electrons. The molecule has 0 aromatic rings. The quantitative estimate of drug-likeness (QED) is 0.547. The summed E-state index contributed by atoms with van der Waals surface area (Å²) < 4.78 is 0. The third-order valence-electron chi connectivity index (χ3n) is 3.38. The fourth-order valence-corrected chi connectivity index (χ4v) is 2.06. The third kappa shape index (κ3) is 3.43. The van der Waals surface area contributed by atoms with Crippen molar-refractivity contribution in [1.82, 2.24) is 15.5 Å². The van der Waals surface area contributed by atoms with Crippen molar-refractivity contribution in [3.8, 4) is 0 Å². The van der Waals surface area contributed by atoms with Crippen LogP contribution in [0.1, 0.15) is 12.8 Å². The van der Waals surface area contributed by atoms with Crippen molar-refractivity contribution >= 4 is 5.91 Å². The van der Waals surface area contributed by atoms with Crippen LogP contribution in [0, 0.1) is 5.92 Å². The standard InChI is InChI=1S/C11H22N4O/c12-5-10-7-13-3-4-15(10)8-11(16)14-6-9-1-2-9/h9-10,13H,1-8,12H2,(H,14,16). The molecule has 5 heteroatoms. The van der Waals surface area contributed by atoms with Gasteiger partial charge in [0, 0.05) is 38.8 Å². The monoisotopic (exact) mass is 226 g/mol. The van der Waals surface area contributed by atoms with Gasteiger partial charge in [-0.2, -0.15) is 0 Å². The van der Waals surface area contributed by atoms with E-state index in [2.05, 4.69) is 15.5 Å². The van der Waals surface area contributed by atoms with E-state index in [0.29, 0.717) is 19.1 Å². The average molecular weight is 226 g/mol. The first kappa shape index (κ1) is 11.8. The van der Waals surface area contributed by atoms with Crippen molar-refractivity contribution in [3.05, 3.63) is 0 Å². The summed E-state index contributed by atoms with van der Waals surface area (Å²) in [6, 6.07) is 0.306. The lowest BCUT2D eigenvalue weighted by Crippen LogP contribution is -2.56. The molecule has 1 saturated heterocycles. The summed E-state index contributed by atoms with van der Waals surface area (Å²) in [5.74, 6) is 0.893. The zero-order chi connectivity index (χ0) is 11.4. The summed E-state index contributed by atoms with van der Waals surface area (Å²) >= 11 is 0. The molecule has 0 bridgehead atoms. The van der Waals surface area contributed by atoms with Gasteiger partial charge in [0.15, 0.2) is 0 Å². The molecule has 4 N–H and O–H groups in total. The van der Waals surface area contributed by atoms with Crippen molar-refractivity contribution in [2.75, 3.05) is 39.3 Å². The van der Waals surface area contributed by atoms with Crippen LogP contribution in [0.2, 0.25) is 0 Å². The molecule has 2 rings (SSSR count). The Bertz CT molecular complexity index is 242. The molecule has 1 aliphatic heterocycles. The highest BCUT2D eigenvalue weighted by Crippen LogP contribution is 2.27. The number of carbonyl (C=O) groups excluding carboxylic acids is 1. The summed E-state index contributed by atoms with van der Waals surface area (Å²) in [6.07, 6.45) is 2.55. The van der Waals surface area contributed by atoms with Gasteiger partial charge in [-0.15, -0.1) is 0 Å². The fourth-order valence-electron chi connectivity index (χ4n) is 2.06. The summed E-state index contributed by atoms with van der Waals surface area (Å²) in [5, 5.41) is 6.29. The van der Waals surface area contributed by atoms with E-state index in [0.717, 1.165) is 32.1 Å². The summed E-state index contributed by atoms with van der Waals surface area (Å²) in [7, 11) is 0. The van der Waals surface area contributed by atoms with Crippen LogP contribution >= 0.6 is 0 Å². The third-order valence-corrected chi connectivity index (χ3v) is 3.38. The van der Waals surface area contributed by atoms with E-state index in [9.17, 15) is 4.79 Å². The van der Waals surface area contributed by atoms with Crippen molar-refractivity contribution in [1.29, 1.82) is 0 Å². The van der Waals surface area contributed by atoms with Crippen LogP contribution in [-0.2, 0) is 4.79 Å². The second kappa shape index (κ2) is 5.61. The van der Waals surface area contributed by atoms with Crippen LogP contribution in [0.15, 0.2) is 0 Å². The topological polar surface area (TPSA) is 70.4 Å². The molecule has 0 radical (unpaired) electrons. The molecule has 1 aliphatic carbocycles. The van der Waals surface area contributed by atoms with Gasteiger partial charge in [0.05, 0.1) is 6.54 Å². The molecule has 2 aliphatic rings. The molecule has 1 saturated carbocycles. The van der Waals surface area contributed by atoms with E-state index < -0.39 is 0 Å². The van der Waals surface area contributed by atoms with Crippen LogP contribution < -0.4 is 16.4 Å². The van der Waals surface area contributed by atoms with E-state index in [1.165, 1.54) is 12.8 Å². The van der Waals surface area contributed by atoms with Crippen LogP contribution in [0.5, 0.6) is 0 Å². The van der Waals surface area contributed by atoms with Crippen molar-refractivity contribution in [3.63, 3.8) is 0 Å². The Kier molecular flexibility index (Phi) is 4.15. The number of piperazine rings is 1. The number of hydrogen-bond acceptors (Lipinski definition) is 4. The smallest absolute Gasteiger partial charge is 0.234 e. The first-order valence-electron chi connectivity index (χ1n) is 6.21. The molecule has 1 heterocycles. The number of carbonyl (C=O) groups is 1. The number of nitrogens with one attached hydrogen (secondary N) is 2. The highest BCUT2D eigenvalue weighted by Gasteiger charge is 2.24. The van der Waals surface area contributed by atoms with E-state index in [1.54, 1.807) is 0 Å². The molecule has 1 atom stereocenters. The van der Waals surface area contributed by atoms with Gasteiger partial charge < -0.3 is 16.4 Å². The van der Waals surface area contributed by atoms with Gasteiger partial charge >= 0.3 is 0 Å². The van der Waals surface area contributed by atoms with Crippen LogP contribution in [0.3, 0.4) is 0 Å². The molecule has 2 fully saturated rings. The summed E-state index contributed by atoms with van der Waals surface area (Å²) in [4.78, 5) is 13.9. The van der Waals surface area contributed by atoms with Crippen molar-refractivity contribution in [2.45, 2.75) is 18.9 Å². The number of nitrogens with two attached hydrogens (primary N) is 1. The minimum atomic E-state index is 0.146. The Morgan fingerprint density at radius 1 is 1.50 bits per heavy atom. The zero-order valence-corrected chi connectivity index (χ0v) is 9.74. The molecule has 0 aromatic carbocycles.